The van der Waals surface area contributed by atoms with Gasteiger partial charge in [0.15, 0.2) is 0 Å². The Hall–Kier alpha value is -0.320. The van der Waals surface area contributed by atoms with Gasteiger partial charge < -0.3 is 10.1 Å². The van der Waals surface area contributed by atoms with E-state index in [9.17, 15) is 0 Å². The molecule has 0 bridgehead atoms. The first-order valence-corrected chi connectivity index (χ1v) is 5.93. The van der Waals surface area contributed by atoms with Gasteiger partial charge in [-0.05, 0) is 35.8 Å². The minimum absolute atomic E-state index is 0.258. The highest BCUT2D eigenvalue weighted by Gasteiger charge is 2.01. The minimum atomic E-state index is 0.258. The maximum Gasteiger partial charge on any atom is 0.140 e. The van der Waals surface area contributed by atoms with Crippen molar-refractivity contribution in [3.8, 4) is 0 Å². The molecule has 0 aliphatic carbocycles. The molecule has 5 heteroatoms. The Morgan fingerprint density at radius 3 is 2.93 bits per heavy atom. The van der Waals surface area contributed by atoms with Crippen LogP contribution in [0.25, 0.3) is 0 Å². The van der Waals surface area contributed by atoms with Crippen molar-refractivity contribution in [3.05, 3.63) is 21.8 Å². The Morgan fingerprint density at radius 1 is 1.60 bits per heavy atom. The molecule has 1 heterocycles. The Bertz CT molecular complexity index is 320. The Kier molecular flexibility index (Phi) is 5.36. The molecule has 0 fully saturated rings. The van der Waals surface area contributed by atoms with E-state index in [4.69, 9.17) is 16.3 Å². The first kappa shape index (κ1) is 12.7. The number of halogens is 2. The van der Waals surface area contributed by atoms with Gasteiger partial charge in [-0.1, -0.05) is 11.6 Å². The fourth-order valence-corrected chi connectivity index (χ4v) is 1.79. The second kappa shape index (κ2) is 6.30. The lowest BCUT2D eigenvalue weighted by Gasteiger charge is -2.10. The van der Waals surface area contributed by atoms with Crippen molar-refractivity contribution in [3.63, 3.8) is 0 Å². The van der Waals surface area contributed by atoms with Crippen LogP contribution in [0.1, 0.15) is 13.8 Å². The number of aromatic nitrogens is 1. The van der Waals surface area contributed by atoms with Gasteiger partial charge in [0.2, 0.25) is 0 Å². The minimum Gasteiger partial charge on any atom is -0.377 e. The average Bonchev–Trinajstić information content (AvgIpc) is 2.14. The monoisotopic (exact) mass is 292 g/mol. The number of hydrogen-bond acceptors (Lipinski definition) is 3. The van der Waals surface area contributed by atoms with Crippen molar-refractivity contribution in [2.24, 2.45) is 0 Å². The van der Waals surface area contributed by atoms with Crippen LogP contribution in [-0.4, -0.2) is 24.2 Å². The smallest absolute Gasteiger partial charge is 0.140 e. The van der Waals surface area contributed by atoms with Gasteiger partial charge in [0, 0.05) is 12.7 Å². The molecule has 0 atom stereocenters. The molecule has 0 spiro atoms. The molecule has 0 aliphatic heterocycles. The van der Waals surface area contributed by atoms with Gasteiger partial charge in [-0.15, -0.1) is 0 Å². The lowest BCUT2D eigenvalue weighted by molar-refractivity contribution is 0.0870. The standard InChI is InChI=1S/C10H14BrClN2O/c1-7(2)15-4-3-13-10-9(11)5-8(12)6-14-10/h5-7H,3-4H2,1-2H3,(H,13,14). The van der Waals surface area contributed by atoms with E-state index in [1.807, 2.05) is 13.8 Å². The maximum absolute atomic E-state index is 5.77. The van der Waals surface area contributed by atoms with E-state index in [-0.39, 0.29) is 6.10 Å². The molecule has 0 saturated heterocycles. The third-order valence-electron chi connectivity index (χ3n) is 1.65. The van der Waals surface area contributed by atoms with E-state index >= 15 is 0 Å². The van der Waals surface area contributed by atoms with E-state index in [1.54, 1.807) is 12.3 Å². The lowest BCUT2D eigenvalue weighted by Crippen LogP contribution is -2.14. The van der Waals surface area contributed by atoms with Crippen LogP contribution < -0.4 is 5.32 Å². The van der Waals surface area contributed by atoms with E-state index in [2.05, 4.69) is 26.2 Å². The van der Waals surface area contributed by atoms with Crippen molar-refractivity contribution >= 4 is 33.3 Å². The normalized spacial score (nSPS) is 10.7. The number of nitrogens with one attached hydrogen (secondary N) is 1. The van der Waals surface area contributed by atoms with Crippen LogP contribution in [-0.2, 0) is 4.74 Å². The summed E-state index contributed by atoms with van der Waals surface area (Å²) >= 11 is 9.15. The summed E-state index contributed by atoms with van der Waals surface area (Å²) in [5.74, 6) is 0.784. The van der Waals surface area contributed by atoms with Gasteiger partial charge in [-0.2, -0.15) is 0 Å². The van der Waals surface area contributed by atoms with Crippen LogP contribution in [0.3, 0.4) is 0 Å². The summed E-state index contributed by atoms with van der Waals surface area (Å²) in [5.41, 5.74) is 0. The lowest BCUT2D eigenvalue weighted by atomic mass is 10.4. The molecule has 15 heavy (non-hydrogen) atoms. The molecule has 84 valence electrons. The van der Waals surface area contributed by atoms with E-state index in [1.165, 1.54) is 0 Å². The molecule has 1 aromatic rings. The summed E-state index contributed by atoms with van der Waals surface area (Å²) in [6.45, 7) is 5.41. The summed E-state index contributed by atoms with van der Waals surface area (Å²) in [6.07, 6.45) is 1.87. The fraction of sp³-hybridized carbons (Fsp3) is 0.500. The molecule has 0 saturated carbocycles. The van der Waals surface area contributed by atoms with Crippen molar-refractivity contribution < 1.29 is 4.74 Å². The number of pyridine rings is 1. The molecular weight excluding hydrogens is 279 g/mol. The topological polar surface area (TPSA) is 34.1 Å². The second-order valence-corrected chi connectivity index (χ2v) is 4.62. The van der Waals surface area contributed by atoms with E-state index in [0.29, 0.717) is 11.6 Å². The SMILES string of the molecule is CC(C)OCCNc1ncc(Cl)cc1Br. The molecule has 0 aliphatic rings. The van der Waals surface area contributed by atoms with Crippen LogP contribution in [0.15, 0.2) is 16.7 Å². The molecular formula is C10H14BrClN2O. The van der Waals surface area contributed by atoms with Gasteiger partial charge in [0.05, 0.1) is 22.2 Å². The van der Waals surface area contributed by atoms with Gasteiger partial charge in [0.1, 0.15) is 5.82 Å². The zero-order valence-corrected chi connectivity index (χ0v) is 11.1. The van der Waals surface area contributed by atoms with E-state index in [0.717, 1.165) is 16.8 Å². The quantitative estimate of drug-likeness (QED) is 0.846. The maximum atomic E-state index is 5.77. The third kappa shape index (κ3) is 4.82. The molecule has 0 aromatic carbocycles. The van der Waals surface area contributed by atoms with Gasteiger partial charge in [0.25, 0.3) is 0 Å². The highest BCUT2D eigenvalue weighted by Crippen LogP contribution is 2.22. The van der Waals surface area contributed by atoms with Crippen LogP contribution in [0.4, 0.5) is 5.82 Å². The van der Waals surface area contributed by atoms with Gasteiger partial charge >= 0.3 is 0 Å². The molecule has 1 N–H and O–H groups in total. The number of ether oxygens (including phenoxy) is 1. The molecule has 1 rings (SSSR count). The summed E-state index contributed by atoms with van der Waals surface area (Å²) < 4.78 is 6.26. The number of rotatable bonds is 5. The van der Waals surface area contributed by atoms with Crippen LogP contribution in [0, 0.1) is 0 Å². The molecule has 0 radical (unpaired) electrons. The van der Waals surface area contributed by atoms with Gasteiger partial charge in [-0.3, -0.25) is 0 Å². The molecule has 0 unspecified atom stereocenters. The van der Waals surface area contributed by atoms with Gasteiger partial charge in [-0.25, -0.2) is 4.98 Å². The Labute approximate surface area is 103 Å². The predicted molar refractivity (Wildman–Crippen MR) is 66.5 cm³/mol. The van der Waals surface area contributed by atoms with Crippen LogP contribution >= 0.6 is 27.5 Å². The highest BCUT2D eigenvalue weighted by molar-refractivity contribution is 9.10. The molecule has 1 aromatic heterocycles. The zero-order valence-electron chi connectivity index (χ0n) is 8.76. The Morgan fingerprint density at radius 2 is 2.33 bits per heavy atom. The van der Waals surface area contributed by atoms with Crippen LogP contribution in [0.5, 0.6) is 0 Å². The third-order valence-corrected chi connectivity index (χ3v) is 2.46. The summed E-state index contributed by atoms with van der Waals surface area (Å²) in [7, 11) is 0. The van der Waals surface area contributed by atoms with E-state index < -0.39 is 0 Å². The molecule has 3 nitrogen and oxygen atoms in total. The largest absolute Gasteiger partial charge is 0.377 e. The number of nitrogens with zero attached hydrogens (tertiary/aromatic N) is 1. The second-order valence-electron chi connectivity index (χ2n) is 3.33. The summed E-state index contributed by atoms with van der Waals surface area (Å²) in [6, 6.07) is 1.81. The molecule has 0 amide bonds. The first-order chi connectivity index (χ1) is 7.09. The van der Waals surface area contributed by atoms with Crippen molar-refractivity contribution in [1.29, 1.82) is 0 Å². The average molecular weight is 294 g/mol. The predicted octanol–water partition coefficient (Wildman–Crippen LogP) is 3.33. The first-order valence-electron chi connectivity index (χ1n) is 4.76. The summed E-state index contributed by atoms with van der Waals surface area (Å²) in [5, 5.41) is 3.77. The van der Waals surface area contributed by atoms with Crippen LogP contribution in [0.2, 0.25) is 5.02 Å². The number of hydrogen-bond donors (Lipinski definition) is 1. The Balaban J connectivity index is 2.37. The zero-order chi connectivity index (χ0) is 11.3. The van der Waals surface area contributed by atoms with Crippen molar-refractivity contribution in [2.75, 3.05) is 18.5 Å². The fourth-order valence-electron chi connectivity index (χ4n) is 1.01. The van der Waals surface area contributed by atoms with Crippen molar-refractivity contribution in [2.45, 2.75) is 20.0 Å². The summed E-state index contributed by atoms with van der Waals surface area (Å²) in [4.78, 5) is 4.15. The highest BCUT2D eigenvalue weighted by atomic mass is 79.9. The van der Waals surface area contributed by atoms with Crippen molar-refractivity contribution in [1.82, 2.24) is 4.98 Å². The number of anilines is 1.